The van der Waals surface area contributed by atoms with Gasteiger partial charge in [0.2, 0.25) is 0 Å². The van der Waals surface area contributed by atoms with Crippen molar-refractivity contribution in [1.82, 2.24) is 5.32 Å². The van der Waals surface area contributed by atoms with Crippen molar-refractivity contribution in [3.05, 3.63) is 35.9 Å². The number of nitrogens with one attached hydrogen (secondary N) is 1. The van der Waals surface area contributed by atoms with E-state index in [1.165, 1.54) is 0 Å². The zero-order chi connectivity index (χ0) is 16.2. The van der Waals surface area contributed by atoms with E-state index < -0.39 is 17.2 Å². The van der Waals surface area contributed by atoms with Gasteiger partial charge >= 0.3 is 6.09 Å². The highest BCUT2D eigenvalue weighted by Gasteiger charge is 2.45. The van der Waals surface area contributed by atoms with Crippen LogP contribution in [-0.2, 0) is 16.1 Å². The summed E-state index contributed by atoms with van der Waals surface area (Å²) < 4.78 is 11.1. The van der Waals surface area contributed by atoms with Gasteiger partial charge in [0.05, 0.1) is 18.2 Å². The summed E-state index contributed by atoms with van der Waals surface area (Å²) in [6.07, 6.45) is 1.14. The van der Waals surface area contributed by atoms with Gasteiger partial charge < -0.3 is 20.5 Å². The van der Waals surface area contributed by atoms with Gasteiger partial charge in [0.15, 0.2) is 0 Å². The lowest BCUT2D eigenvalue weighted by atomic mass is 9.74. The minimum atomic E-state index is -0.507. The molecule has 1 aromatic carbocycles. The Balaban J connectivity index is 1.77. The SMILES string of the molecule is CC(C)(C)OC(=O)NC1(CN)CC(OCc2ccccc2)C1. The highest BCUT2D eigenvalue weighted by Crippen LogP contribution is 2.34. The third-order valence-electron chi connectivity index (χ3n) is 3.72. The fourth-order valence-corrected chi connectivity index (χ4v) is 2.56. The number of benzene rings is 1. The van der Waals surface area contributed by atoms with Crippen molar-refractivity contribution in [1.29, 1.82) is 0 Å². The fourth-order valence-electron chi connectivity index (χ4n) is 2.56. The normalized spacial score (nSPS) is 24.5. The molecule has 0 atom stereocenters. The second-order valence-electron chi connectivity index (χ2n) is 6.94. The van der Waals surface area contributed by atoms with Crippen LogP contribution < -0.4 is 11.1 Å². The van der Waals surface area contributed by atoms with Crippen molar-refractivity contribution in [3.8, 4) is 0 Å². The number of ether oxygens (including phenoxy) is 2. The molecule has 0 aromatic heterocycles. The predicted octanol–water partition coefficient (Wildman–Crippen LogP) is 2.59. The lowest BCUT2D eigenvalue weighted by Crippen LogP contribution is -2.64. The molecule has 1 aliphatic carbocycles. The number of nitrogens with two attached hydrogens (primary N) is 1. The van der Waals surface area contributed by atoms with Crippen molar-refractivity contribution < 1.29 is 14.3 Å². The molecule has 3 N–H and O–H groups in total. The zero-order valence-corrected chi connectivity index (χ0v) is 13.6. The number of hydrogen-bond donors (Lipinski definition) is 2. The van der Waals surface area contributed by atoms with Crippen LogP contribution in [-0.4, -0.2) is 29.9 Å². The zero-order valence-electron chi connectivity index (χ0n) is 13.6. The molecule has 0 unspecified atom stereocenters. The quantitative estimate of drug-likeness (QED) is 0.877. The van der Waals surface area contributed by atoms with Crippen LogP contribution >= 0.6 is 0 Å². The van der Waals surface area contributed by atoms with Crippen LogP contribution in [0.3, 0.4) is 0 Å². The van der Waals surface area contributed by atoms with Crippen LogP contribution in [0.1, 0.15) is 39.2 Å². The fraction of sp³-hybridized carbons (Fsp3) is 0.588. The van der Waals surface area contributed by atoms with E-state index >= 15 is 0 Å². The van der Waals surface area contributed by atoms with E-state index in [-0.39, 0.29) is 6.10 Å². The van der Waals surface area contributed by atoms with Crippen molar-refractivity contribution in [2.75, 3.05) is 6.54 Å². The lowest BCUT2D eigenvalue weighted by molar-refractivity contribution is -0.0624. The first-order chi connectivity index (χ1) is 10.3. The molecule has 1 aliphatic rings. The molecule has 0 aliphatic heterocycles. The maximum Gasteiger partial charge on any atom is 0.408 e. The molecule has 0 bridgehead atoms. The van der Waals surface area contributed by atoms with E-state index in [0.29, 0.717) is 13.2 Å². The van der Waals surface area contributed by atoms with Crippen LogP contribution in [0.2, 0.25) is 0 Å². The van der Waals surface area contributed by atoms with Gasteiger partial charge in [0.25, 0.3) is 0 Å². The molecule has 2 rings (SSSR count). The summed E-state index contributed by atoms with van der Waals surface area (Å²) >= 11 is 0. The summed E-state index contributed by atoms with van der Waals surface area (Å²) in [6, 6.07) is 10.0. The van der Waals surface area contributed by atoms with Gasteiger partial charge in [-0.2, -0.15) is 0 Å². The molecule has 1 saturated carbocycles. The van der Waals surface area contributed by atoms with Crippen LogP contribution in [0.5, 0.6) is 0 Å². The Hall–Kier alpha value is -1.59. The van der Waals surface area contributed by atoms with Gasteiger partial charge in [0, 0.05) is 6.54 Å². The average molecular weight is 306 g/mol. The highest BCUT2D eigenvalue weighted by molar-refractivity contribution is 5.69. The molecule has 0 heterocycles. The number of alkyl carbamates (subject to hydrolysis) is 1. The molecule has 0 radical (unpaired) electrons. The minimum absolute atomic E-state index is 0.124. The van der Waals surface area contributed by atoms with Crippen LogP contribution in [0.25, 0.3) is 0 Å². The molecule has 1 amide bonds. The van der Waals surface area contributed by atoms with Crippen molar-refractivity contribution in [2.24, 2.45) is 5.73 Å². The molecule has 5 heteroatoms. The third kappa shape index (κ3) is 4.71. The summed E-state index contributed by atoms with van der Waals surface area (Å²) in [5.74, 6) is 0. The number of amides is 1. The number of carbonyl (C=O) groups excluding carboxylic acids is 1. The van der Waals surface area contributed by atoms with Gasteiger partial charge in [-0.05, 0) is 39.2 Å². The maximum atomic E-state index is 11.9. The van der Waals surface area contributed by atoms with Crippen molar-refractivity contribution in [3.63, 3.8) is 0 Å². The molecular weight excluding hydrogens is 280 g/mol. The third-order valence-corrected chi connectivity index (χ3v) is 3.72. The van der Waals surface area contributed by atoms with Crippen LogP contribution in [0, 0.1) is 0 Å². The Morgan fingerprint density at radius 1 is 1.32 bits per heavy atom. The van der Waals surface area contributed by atoms with Gasteiger partial charge in [-0.25, -0.2) is 4.79 Å². The van der Waals surface area contributed by atoms with Gasteiger partial charge in [-0.1, -0.05) is 30.3 Å². The first-order valence-electron chi connectivity index (χ1n) is 7.69. The standard InChI is InChI=1S/C17H26N2O3/c1-16(2,3)22-15(20)19-17(12-18)9-14(10-17)21-11-13-7-5-4-6-8-13/h4-8,14H,9-12,18H2,1-3H3,(H,19,20). The first kappa shape index (κ1) is 16.8. The van der Waals surface area contributed by atoms with E-state index in [1.54, 1.807) is 0 Å². The number of hydrogen-bond acceptors (Lipinski definition) is 4. The molecule has 22 heavy (non-hydrogen) atoms. The number of carbonyl (C=O) groups is 1. The second kappa shape index (κ2) is 6.67. The molecular formula is C17H26N2O3. The summed E-state index contributed by atoms with van der Waals surface area (Å²) in [5, 5.41) is 2.90. The summed E-state index contributed by atoms with van der Waals surface area (Å²) in [5.41, 5.74) is 6.06. The molecule has 1 aromatic rings. The van der Waals surface area contributed by atoms with Crippen LogP contribution in [0.15, 0.2) is 30.3 Å². The predicted molar refractivity (Wildman–Crippen MR) is 85.4 cm³/mol. The van der Waals surface area contributed by atoms with Gasteiger partial charge in [-0.15, -0.1) is 0 Å². The van der Waals surface area contributed by atoms with E-state index in [4.69, 9.17) is 15.2 Å². The van der Waals surface area contributed by atoms with E-state index in [9.17, 15) is 4.79 Å². The highest BCUT2D eigenvalue weighted by atomic mass is 16.6. The van der Waals surface area contributed by atoms with Crippen molar-refractivity contribution >= 4 is 6.09 Å². The molecule has 0 saturated heterocycles. The topological polar surface area (TPSA) is 73.6 Å². The van der Waals surface area contributed by atoms with E-state index in [1.807, 2.05) is 51.1 Å². The Kier molecular flexibility index (Phi) is 5.08. The number of rotatable bonds is 5. The molecule has 0 spiro atoms. The Bertz CT molecular complexity index is 490. The average Bonchev–Trinajstić information content (AvgIpc) is 2.40. The van der Waals surface area contributed by atoms with Crippen molar-refractivity contribution in [2.45, 2.75) is 57.5 Å². The summed E-state index contributed by atoms with van der Waals surface area (Å²) in [6.45, 7) is 6.49. The Morgan fingerprint density at radius 2 is 1.95 bits per heavy atom. The monoisotopic (exact) mass is 306 g/mol. The van der Waals surface area contributed by atoms with Gasteiger partial charge in [-0.3, -0.25) is 0 Å². The molecule has 122 valence electrons. The molecule has 5 nitrogen and oxygen atoms in total. The Morgan fingerprint density at radius 3 is 2.50 bits per heavy atom. The van der Waals surface area contributed by atoms with E-state index in [0.717, 1.165) is 18.4 Å². The smallest absolute Gasteiger partial charge is 0.408 e. The first-order valence-corrected chi connectivity index (χ1v) is 7.69. The largest absolute Gasteiger partial charge is 0.444 e. The summed E-state index contributed by atoms with van der Waals surface area (Å²) in [4.78, 5) is 11.9. The Labute approximate surface area is 132 Å². The van der Waals surface area contributed by atoms with Gasteiger partial charge in [0.1, 0.15) is 5.60 Å². The summed E-state index contributed by atoms with van der Waals surface area (Å²) in [7, 11) is 0. The lowest BCUT2D eigenvalue weighted by Gasteiger charge is -2.47. The maximum absolute atomic E-state index is 11.9. The second-order valence-corrected chi connectivity index (χ2v) is 6.94. The van der Waals surface area contributed by atoms with Crippen LogP contribution in [0.4, 0.5) is 4.79 Å². The minimum Gasteiger partial charge on any atom is -0.444 e. The van der Waals surface area contributed by atoms with E-state index in [2.05, 4.69) is 5.32 Å². The molecule has 1 fully saturated rings.